The second-order valence-corrected chi connectivity index (χ2v) is 12.7. The largest absolute Gasteiger partial charge is 0.478 e. The van der Waals surface area contributed by atoms with Gasteiger partial charge in [-0.05, 0) is 48.4 Å². The molecule has 3 aliphatic rings. The van der Waals surface area contributed by atoms with Crippen LogP contribution in [0.15, 0.2) is 42.5 Å². The van der Waals surface area contributed by atoms with Gasteiger partial charge in [0, 0.05) is 34.7 Å². The van der Waals surface area contributed by atoms with E-state index in [-0.39, 0.29) is 17.2 Å². The molecule has 2 unspecified atom stereocenters. The number of aromatic nitrogens is 1. The smallest absolute Gasteiger partial charge is 0.335 e. The van der Waals surface area contributed by atoms with Crippen LogP contribution < -0.4 is 0 Å². The zero-order valence-corrected chi connectivity index (χ0v) is 19.7. The zero-order valence-electron chi connectivity index (χ0n) is 18.9. The minimum absolute atomic E-state index is 0.00420. The highest BCUT2D eigenvalue weighted by Gasteiger charge is 2.65. The zero-order chi connectivity index (χ0) is 23.0. The van der Waals surface area contributed by atoms with Gasteiger partial charge in [0.1, 0.15) is 0 Å². The molecule has 0 radical (unpaired) electrons. The fourth-order valence-electron chi connectivity index (χ4n) is 6.64. The predicted molar refractivity (Wildman–Crippen MR) is 130 cm³/mol. The number of hydrogen-bond acceptors (Lipinski definition) is 3. The molecule has 6 rings (SSSR count). The normalized spacial score (nSPS) is 24.6. The highest BCUT2D eigenvalue weighted by molar-refractivity contribution is 7.93. The van der Waals surface area contributed by atoms with Crippen molar-refractivity contribution < 1.29 is 18.3 Å². The number of sulfone groups is 1. The molecule has 5 nitrogen and oxygen atoms in total. The first-order valence-electron chi connectivity index (χ1n) is 12.1. The average Bonchev–Trinajstić information content (AvgIpc) is 3.51. The fourth-order valence-corrected chi connectivity index (χ4v) is 8.52. The van der Waals surface area contributed by atoms with Gasteiger partial charge in [0.15, 0.2) is 9.84 Å². The van der Waals surface area contributed by atoms with E-state index in [9.17, 15) is 18.3 Å². The van der Waals surface area contributed by atoms with Crippen LogP contribution in [-0.2, 0) is 16.4 Å². The quantitative estimate of drug-likeness (QED) is 0.536. The first-order valence-corrected chi connectivity index (χ1v) is 13.7. The van der Waals surface area contributed by atoms with E-state index in [1.165, 1.54) is 24.8 Å². The van der Waals surface area contributed by atoms with Gasteiger partial charge in [-0.25, -0.2) is 13.2 Å². The van der Waals surface area contributed by atoms with Crippen molar-refractivity contribution in [3.63, 3.8) is 0 Å². The topological polar surface area (TPSA) is 76.4 Å². The predicted octanol–water partition coefficient (Wildman–Crippen LogP) is 5.73. The molecular formula is C27H29NO4S. The number of carbonyl (C=O) groups is 1. The van der Waals surface area contributed by atoms with Crippen LogP contribution in [-0.4, -0.2) is 34.6 Å². The lowest BCUT2D eigenvalue weighted by Gasteiger charge is -2.24. The Morgan fingerprint density at radius 2 is 1.88 bits per heavy atom. The fraction of sp³-hybridized carbons (Fsp3) is 0.444. The lowest BCUT2D eigenvalue weighted by molar-refractivity contribution is 0.0697. The summed E-state index contributed by atoms with van der Waals surface area (Å²) in [6.07, 6.45) is 6.53. The van der Waals surface area contributed by atoms with Crippen LogP contribution in [0.3, 0.4) is 0 Å². The van der Waals surface area contributed by atoms with Crippen molar-refractivity contribution in [2.45, 2.75) is 68.6 Å². The van der Waals surface area contributed by atoms with Crippen LogP contribution in [0.4, 0.5) is 0 Å². The maximum Gasteiger partial charge on any atom is 0.335 e. The minimum atomic E-state index is -3.30. The molecule has 1 aromatic heterocycles. The van der Waals surface area contributed by atoms with Crippen molar-refractivity contribution in [2.24, 2.45) is 0 Å². The highest BCUT2D eigenvalue weighted by Crippen LogP contribution is 2.63. The lowest BCUT2D eigenvalue weighted by atomic mass is 9.81. The Bertz CT molecular complexity index is 1400. The van der Waals surface area contributed by atoms with Crippen LogP contribution in [0.5, 0.6) is 0 Å². The van der Waals surface area contributed by atoms with E-state index < -0.39 is 20.6 Å². The van der Waals surface area contributed by atoms with Crippen LogP contribution in [0, 0.1) is 0 Å². The van der Waals surface area contributed by atoms with Crippen LogP contribution >= 0.6 is 0 Å². The number of carboxylic acid groups (broad SMARTS) is 1. The molecule has 6 heteroatoms. The molecule has 2 atom stereocenters. The van der Waals surface area contributed by atoms with E-state index in [0.717, 1.165) is 40.6 Å². The molecule has 2 aliphatic carbocycles. The third-order valence-corrected chi connectivity index (χ3v) is 11.0. The average molecular weight is 464 g/mol. The van der Waals surface area contributed by atoms with Gasteiger partial charge >= 0.3 is 5.97 Å². The molecule has 1 N–H and O–H groups in total. The molecule has 0 saturated heterocycles. The summed E-state index contributed by atoms with van der Waals surface area (Å²) in [7, 11) is -3.30. The Balaban J connectivity index is 1.71. The number of rotatable bonds is 4. The van der Waals surface area contributed by atoms with Gasteiger partial charge in [0.25, 0.3) is 0 Å². The standard InChI is InChI=1S/C27H29NO4S/c1-2-33(31,32)27-15-22(27)19-10-6-7-11-20(19)25-24(17-8-4-3-5-9-17)21-13-12-18(26(29)30)14-23(21)28(25)16-27/h6-7,10-14,17,22H,2-5,8-9,15-16H2,1H3,(H,29,30). The van der Waals surface area contributed by atoms with Crippen LogP contribution in [0.1, 0.15) is 78.8 Å². The molecule has 172 valence electrons. The molecule has 0 amide bonds. The van der Waals surface area contributed by atoms with Crippen LogP contribution in [0.2, 0.25) is 0 Å². The van der Waals surface area contributed by atoms with E-state index >= 15 is 0 Å². The molecule has 3 aromatic rings. The molecule has 0 bridgehead atoms. The summed E-state index contributed by atoms with van der Waals surface area (Å²) in [5.41, 5.74) is 5.77. The second kappa shape index (κ2) is 7.20. The second-order valence-electron chi connectivity index (χ2n) is 10.0. The number of fused-ring (bicyclic) bond motifs is 7. The number of aromatic carboxylic acids is 1. The van der Waals surface area contributed by atoms with E-state index in [2.05, 4.69) is 16.7 Å². The van der Waals surface area contributed by atoms with Crippen LogP contribution in [0.25, 0.3) is 22.2 Å². The maximum absolute atomic E-state index is 13.4. The molecule has 2 fully saturated rings. The van der Waals surface area contributed by atoms with Gasteiger partial charge in [0.2, 0.25) is 0 Å². The highest BCUT2D eigenvalue weighted by atomic mass is 32.2. The van der Waals surface area contributed by atoms with E-state index in [4.69, 9.17) is 0 Å². The third-order valence-electron chi connectivity index (χ3n) is 8.41. The maximum atomic E-state index is 13.4. The summed E-state index contributed by atoms with van der Waals surface area (Å²) in [5, 5.41) is 10.8. The number of benzene rings is 2. The summed E-state index contributed by atoms with van der Waals surface area (Å²) in [4.78, 5) is 11.8. The number of carboxylic acids is 1. The summed E-state index contributed by atoms with van der Waals surface area (Å²) in [6, 6.07) is 13.7. The number of hydrogen-bond donors (Lipinski definition) is 1. The molecule has 2 heterocycles. The number of nitrogens with zero attached hydrogens (tertiary/aromatic N) is 1. The molecule has 1 aliphatic heterocycles. The van der Waals surface area contributed by atoms with E-state index in [1.807, 2.05) is 18.2 Å². The molecule has 2 saturated carbocycles. The summed E-state index contributed by atoms with van der Waals surface area (Å²) in [5.74, 6) is -0.429. The first kappa shape index (κ1) is 21.0. The molecular weight excluding hydrogens is 434 g/mol. The molecule has 33 heavy (non-hydrogen) atoms. The Labute approximate surface area is 194 Å². The van der Waals surface area contributed by atoms with Gasteiger partial charge in [-0.2, -0.15) is 0 Å². The Morgan fingerprint density at radius 3 is 2.61 bits per heavy atom. The third kappa shape index (κ3) is 2.89. The van der Waals surface area contributed by atoms with Crippen molar-refractivity contribution in [3.05, 3.63) is 59.2 Å². The summed E-state index contributed by atoms with van der Waals surface area (Å²) < 4.78 is 28.2. The van der Waals surface area contributed by atoms with Gasteiger partial charge in [-0.3, -0.25) is 0 Å². The van der Waals surface area contributed by atoms with Gasteiger partial charge in [-0.15, -0.1) is 0 Å². The summed E-state index contributed by atoms with van der Waals surface area (Å²) in [6.45, 7) is 2.13. The van der Waals surface area contributed by atoms with Gasteiger partial charge in [-0.1, -0.05) is 56.5 Å². The summed E-state index contributed by atoms with van der Waals surface area (Å²) >= 11 is 0. The van der Waals surface area contributed by atoms with Crippen molar-refractivity contribution in [1.29, 1.82) is 0 Å². The van der Waals surface area contributed by atoms with Crippen molar-refractivity contribution in [2.75, 3.05) is 5.75 Å². The first-order chi connectivity index (χ1) is 15.9. The SMILES string of the molecule is CCS(=O)(=O)C12CC1c1ccccc1-c1c(C3CCCCC3)c3ccc(C(=O)O)cc3n1C2. The van der Waals surface area contributed by atoms with Crippen molar-refractivity contribution in [3.8, 4) is 11.3 Å². The Morgan fingerprint density at radius 1 is 1.12 bits per heavy atom. The minimum Gasteiger partial charge on any atom is -0.478 e. The molecule has 0 spiro atoms. The lowest BCUT2D eigenvalue weighted by Crippen LogP contribution is -2.31. The monoisotopic (exact) mass is 463 g/mol. The molecule has 2 aromatic carbocycles. The van der Waals surface area contributed by atoms with E-state index in [1.54, 1.807) is 19.1 Å². The van der Waals surface area contributed by atoms with E-state index in [0.29, 0.717) is 18.9 Å². The Hall–Kier alpha value is -2.60. The van der Waals surface area contributed by atoms with Crippen molar-refractivity contribution >= 4 is 26.7 Å². The van der Waals surface area contributed by atoms with Gasteiger partial charge < -0.3 is 9.67 Å². The van der Waals surface area contributed by atoms with Gasteiger partial charge in [0.05, 0.1) is 16.0 Å². The van der Waals surface area contributed by atoms with Crippen molar-refractivity contribution in [1.82, 2.24) is 4.57 Å². The Kier molecular flexibility index (Phi) is 4.57.